The molecule has 2 amide bonds. The van der Waals surface area contributed by atoms with E-state index in [1.54, 1.807) is 31.3 Å². The third-order valence-electron chi connectivity index (χ3n) is 3.86. The normalized spacial score (nSPS) is 14.4. The van der Waals surface area contributed by atoms with Crippen molar-refractivity contribution in [2.45, 2.75) is 6.92 Å². The molecule has 2 aromatic rings. The van der Waals surface area contributed by atoms with Gasteiger partial charge in [0.25, 0.3) is 5.91 Å². The molecule has 0 aliphatic carbocycles. The van der Waals surface area contributed by atoms with Gasteiger partial charge in [-0.1, -0.05) is 0 Å². The molecule has 0 spiro atoms. The molecule has 1 aliphatic rings. The van der Waals surface area contributed by atoms with E-state index in [0.717, 1.165) is 18.9 Å². The topological polar surface area (TPSA) is 91.3 Å². The van der Waals surface area contributed by atoms with Gasteiger partial charge in [0.15, 0.2) is 11.6 Å². The summed E-state index contributed by atoms with van der Waals surface area (Å²) in [5.41, 5.74) is 0.462. The molecule has 0 radical (unpaired) electrons. The highest BCUT2D eigenvalue weighted by molar-refractivity contribution is 6.03. The molecule has 124 valence electrons. The summed E-state index contributed by atoms with van der Waals surface area (Å²) in [6.07, 6.45) is 3.10. The molecule has 3 heterocycles. The summed E-state index contributed by atoms with van der Waals surface area (Å²) in [6, 6.07) is 6.91. The van der Waals surface area contributed by atoms with Crippen LogP contribution in [0.5, 0.6) is 0 Å². The van der Waals surface area contributed by atoms with E-state index >= 15 is 0 Å². The lowest BCUT2D eigenvalue weighted by molar-refractivity contribution is -0.129. The summed E-state index contributed by atoms with van der Waals surface area (Å²) >= 11 is 0. The molecule has 8 heteroatoms. The molecule has 0 atom stereocenters. The highest BCUT2D eigenvalue weighted by atomic mass is 16.2. The molecule has 1 saturated heterocycles. The van der Waals surface area contributed by atoms with E-state index in [4.69, 9.17) is 0 Å². The Morgan fingerprint density at radius 2 is 1.88 bits per heavy atom. The van der Waals surface area contributed by atoms with Crippen LogP contribution in [0.25, 0.3) is 0 Å². The Labute approximate surface area is 139 Å². The molecule has 0 aromatic carbocycles. The number of hydrogen-bond donors (Lipinski definition) is 1. The second-order valence-electron chi connectivity index (χ2n) is 5.47. The fourth-order valence-electron chi connectivity index (χ4n) is 2.50. The molecule has 0 unspecified atom stereocenters. The van der Waals surface area contributed by atoms with E-state index in [2.05, 4.69) is 25.4 Å². The Bertz CT molecular complexity index is 711. The smallest absolute Gasteiger partial charge is 0.258 e. The number of nitrogens with zero attached hydrogens (tertiary/aromatic N) is 5. The third kappa shape index (κ3) is 3.65. The minimum absolute atomic E-state index is 0.0918. The highest BCUT2D eigenvalue weighted by Crippen LogP contribution is 2.14. The van der Waals surface area contributed by atoms with Crippen molar-refractivity contribution in [3.8, 4) is 0 Å². The van der Waals surface area contributed by atoms with Crippen LogP contribution >= 0.6 is 0 Å². The highest BCUT2D eigenvalue weighted by Gasteiger charge is 2.19. The average molecular weight is 326 g/mol. The first-order valence-electron chi connectivity index (χ1n) is 7.69. The van der Waals surface area contributed by atoms with Crippen LogP contribution < -0.4 is 10.2 Å². The Morgan fingerprint density at radius 1 is 1.08 bits per heavy atom. The van der Waals surface area contributed by atoms with Crippen LogP contribution in [0, 0.1) is 0 Å². The first-order chi connectivity index (χ1) is 11.6. The summed E-state index contributed by atoms with van der Waals surface area (Å²) in [6.45, 7) is 4.37. The zero-order valence-corrected chi connectivity index (χ0v) is 13.3. The number of aromatic nitrogens is 3. The Balaban J connectivity index is 1.60. The number of rotatable bonds is 3. The van der Waals surface area contributed by atoms with Gasteiger partial charge in [0, 0.05) is 45.5 Å². The van der Waals surface area contributed by atoms with Crippen molar-refractivity contribution in [3.05, 3.63) is 42.2 Å². The van der Waals surface area contributed by atoms with Gasteiger partial charge >= 0.3 is 0 Å². The van der Waals surface area contributed by atoms with Crippen molar-refractivity contribution in [3.63, 3.8) is 0 Å². The van der Waals surface area contributed by atoms with Gasteiger partial charge in [-0.15, -0.1) is 10.2 Å². The van der Waals surface area contributed by atoms with Crippen LogP contribution in [0.3, 0.4) is 0 Å². The zero-order valence-electron chi connectivity index (χ0n) is 13.3. The second-order valence-corrected chi connectivity index (χ2v) is 5.47. The van der Waals surface area contributed by atoms with E-state index in [1.165, 1.54) is 6.20 Å². The molecule has 8 nitrogen and oxygen atoms in total. The molecular weight excluding hydrogens is 308 g/mol. The maximum Gasteiger partial charge on any atom is 0.258 e. The number of piperazine rings is 1. The Hall–Kier alpha value is -3.03. The van der Waals surface area contributed by atoms with Crippen LogP contribution in [-0.2, 0) is 4.79 Å². The lowest BCUT2D eigenvalue weighted by Crippen LogP contribution is -2.48. The van der Waals surface area contributed by atoms with E-state index in [9.17, 15) is 9.59 Å². The van der Waals surface area contributed by atoms with Gasteiger partial charge in [0.05, 0.1) is 5.56 Å². The molecule has 3 rings (SSSR count). The van der Waals surface area contributed by atoms with Crippen LogP contribution in [-0.4, -0.2) is 58.1 Å². The zero-order chi connectivity index (χ0) is 16.9. The van der Waals surface area contributed by atoms with E-state index in [0.29, 0.717) is 24.5 Å². The first-order valence-corrected chi connectivity index (χ1v) is 7.69. The SMILES string of the molecule is CC(=O)N1CCN(c2ccc(NC(=O)c3cccnc3)nn2)CC1. The lowest BCUT2D eigenvalue weighted by atomic mass is 10.2. The minimum atomic E-state index is -0.278. The number of nitrogens with one attached hydrogen (secondary N) is 1. The van der Waals surface area contributed by atoms with Gasteiger partial charge in [-0.25, -0.2) is 0 Å². The molecule has 24 heavy (non-hydrogen) atoms. The molecule has 1 fully saturated rings. The lowest BCUT2D eigenvalue weighted by Gasteiger charge is -2.34. The van der Waals surface area contributed by atoms with Crippen molar-refractivity contribution < 1.29 is 9.59 Å². The van der Waals surface area contributed by atoms with Gasteiger partial charge in [0.2, 0.25) is 5.91 Å². The molecule has 0 bridgehead atoms. The average Bonchev–Trinajstić information content (AvgIpc) is 2.63. The molecule has 1 aliphatic heterocycles. The van der Waals surface area contributed by atoms with Crippen molar-refractivity contribution >= 4 is 23.5 Å². The maximum atomic E-state index is 12.0. The summed E-state index contributed by atoms with van der Waals surface area (Å²) in [5, 5.41) is 10.9. The predicted molar refractivity (Wildman–Crippen MR) is 88.7 cm³/mol. The van der Waals surface area contributed by atoms with Gasteiger partial charge in [0.1, 0.15) is 0 Å². The number of anilines is 2. The Kier molecular flexibility index (Phi) is 4.64. The van der Waals surface area contributed by atoms with Crippen molar-refractivity contribution in [2.24, 2.45) is 0 Å². The standard InChI is InChI=1S/C16H18N6O2/c1-12(23)21-7-9-22(10-8-21)15-5-4-14(19-20-15)18-16(24)13-3-2-6-17-11-13/h2-6,11H,7-10H2,1H3,(H,18,19,24). The van der Waals surface area contributed by atoms with Crippen LogP contribution in [0.15, 0.2) is 36.7 Å². The van der Waals surface area contributed by atoms with Crippen LogP contribution in [0.1, 0.15) is 17.3 Å². The summed E-state index contributed by atoms with van der Waals surface area (Å²) < 4.78 is 0. The van der Waals surface area contributed by atoms with Crippen LogP contribution in [0.2, 0.25) is 0 Å². The molecule has 2 aromatic heterocycles. The molecule has 0 saturated carbocycles. The molecular formula is C16H18N6O2. The molecule has 1 N–H and O–H groups in total. The fraction of sp³-hybridized carbons (Fsp3) is 0.312. The van der Waals surface area contributed by atoms with Gasteiger partial charge in [-0.2, -0.15) is 0 Å². The van der Waals surface area contributed by atoms with Crippen molar-refractivity contribution in [1.82, 2.24) is 20.1 Å². The third-order valence-corrected chi connectivity index (χ3v) is 3.86. The van der Waals surface area contributed by atoms with E-state index in [1.807, 2.05) is 11.0 Å². The maximum absolute atomic E-state index is 12.0. The van der Waals surface area contributed by atoms with Crippen LogP contribution in [0.4, 0.5) is 11.6 Å². The summed E-state index contributed by atoms with van der Waals surface area (Å²) in [5.74, 6) is 0.932. The number of carbonyl (C=O) groups is 2. The van der Waals surface area contributed by atoms with E-state index in [-0.39, 0.29) is 11.8 Å². The second kappa shape index (κ2) is 7.03. The number of pyridine rings is 1. The quantitative estimate of drug-likeness (QED) is 0.897. The van der Waals surface area contributed by atoms with Crippen molar-refractivity contribution in [1.29, 1.82) is 0 Å². The Morgan fingerprint density at radius 3 is 2.46 bits per heavy atom. The largest absolute Gasteiger partial charge is 0.352 e. The van der Waals surface area contributed by atoms with Gasteiger partial charge in [-0.05, 0) is 24.3 Å². The summed E-state index contributed by atoms with van der Waals surface area (Å²) in [7, 11) is 0. The van der Waals surface area contributed by atoms with Crippen molar-refractivity contribution in [2.75, 3.05) is 36.4 Å². The fourth-order valence-corrected chi connectivity index (χ4v) is 2.50. The predicted octanol–water partition coefficient (Wildman–Crippen LogP) is 0.792. The number of carbonyl (C=O) groups excluding carboxylic acids is 2. The number of amides is 2. The van der Waals surface area contributed by atoms with Gasteiger partial charge in [-0.3, -0.25) is 14.6 Å². The van der Waals surface area contributed by atoms with E-state index < -0.39 is 0 Å². The summed E-state index contributed by atoms with van der Waals surface area (Å²) in [4.78, 5) is 31.2. The monoisotopic (exact) mass is 326 g/mol. The number of hydrogen-bond acceptors (Lipinski definition) is 6. The van der Waals surface area contributed by atoms with Gasteiger partial charge < -0.3 is 15.1 Å². The minimum Gasteiger partial charge on any atom is -0.352 e. The first kappa shape index (κ1) is 15.9.